The van der Waals surface area contributed by atoms with Crippen LogP contribution in [0.15, 0.2) is 0 Å². The maximum atomic E-state index is 5.23. The zero-order chi connectivity index (χ0) is 15.4. The molecule has 0 radical (unpaired) electrons. The molecule has 0 atom stereocenters. The summed E-state index contributed by atoms with van der Waals surface area (Å²) in [6, 6.07) is 4.07. The Hall–Kier alpha value is 0.611. The molecule has 0 fully saturated rings. The van der Waals surface area contributed by atoms with Crippen LogP contribution in [0.3, 0.4) is 0 Å². The molecule has 1 nitrogen and oxygen atoms in total. The summed E-state index contributed by atoms with van der Waals surface area (Å²) in [5.41, 5.74) is 0. The minimum absolute atomic E-state index is 0. The van der Waals surface area contributed by atoms with Crippen molar-refractivity contribution in [2.45, 2.75) is 129 Å². The zero-order valence-corrected chi connectivity index (χ0v) is 18.3. The Bertz CT molecular complexity index is 159. The van der Waals surface area contributed by atoms with Crippen LogP contribution in [0.25, 0.3) is 0 Å². The van der Waals surface area contributed by atoms with Crippen molar-refractivity contribution in [3.8, 4) is 0 Å². The molecule has 162 valence electrons. The Morgan fingerprint density at radius 3 is 0.875 bits per heavy atom. The van der Waals surface area contributed by atoms with Crippen molar-refractivity contribution in [1.82, 2.24) is 0 Å². The molecule has 0 unspecified atom stereocenters. The molecule has 0 saturated carbocycles. The first-order chi connectivity index (χ1) is 7.95. The fourth-order valence-corrected chi connectivity index (χ4v) is 0.433. The molecule has 0 aromatic rings. The first-order valence-electron chi connectivity index (χ1n) is 7.50. The number of hydrogen-bond donors (Lipinski definition) is 0. The zero-order valence-electron chi connectivity index (χ0n) is 15.1. The van der Waals surface area contributed by atoms with Gasteiger partial charge in [0.05, 0.1) is 0 Å². The predicted octanol–water partition coefficient (Wildman–Crippen LogP) is 9.51. The molecule has 4 heteroatoms. The second-order valence-corrected chi connectivity index (χ2v) is 21.1. The van der Waals surface area contributed by atoms with Gasteiger partial charge < -0.3 is 4.43 Å². The highest BCUT2D eigenvalue weighted by atomic mass is 28.4. The number of hydrogen-bond acceptors (Lipinski definition) is 1. The molecule has 0 saturated heterocycles. The van der Waals surface area contributed by atoms with Crippen molar-refractivity contribution in [2.75, 3.05) is 7.11 Å². The van der Waals surface area contributed by atoms with Crippen molar-refractivity contribution < 1.29 is 4.43 Å². The highest BCUT2D eigenvalue weighted by molar-refractivity contribution is 6.76. The topological polar surface area (TPSA) is 9.23 Å². The van der Waals surface area contributed by atoms with Gasteiger partial charge in [-0.1, -0.05) is 110 Å². The lowest BCUT2D eigenvalue weighted by atomic mass is 11.0. The van der Waals surface area contributed by atoms with Gasteiger partial charge >= 0.3 is 0 Å². The van der Waals surface area contributed by atoms with Gasteiger partial charge in [0.1, 0.15) is 0 Å². The van der Waals surface area contributed by atoms with Gasteiger partial charge in [-0.05, 0) is 19.1 Å². The van der Waals surface area contributed by atoms with Crippen LogP contribution in [0, 0.1) is 0 Å². The Morgan fingerprint density at radius 1 is 0.667 bits per heavy atom. The monoisotopic (exact) mass is 404 g/mol. The van der Waals surface area contributed by atoms with Gasteiger partial charge in [-0.2, -0.15) is 0 Å². The predicted molar refractivity (Wildman–Crippen MR) is 139 cm³/mol. The smallest absolute Gasteiger partial charge is 0.185 e. The Kier molecular flexibility index (Phi) is 73.6. The van der Waals surface area contributed by atoms with E-state index in [2.05, 4.69) is 66.6 Å². The molecule has 0 bridgehead atoms. The molecule has 0 aliphatic carbocycles. The van der Waals surface area contributed by atoms with Crippen molar-refractivity contribution in [3.05, 3.63) is 0 Å². The minimum Gasteiger partial charge on any atom is -0.420 e. The summed E-state index contributed by atoms with van der Waals surface area (Å²) in [6.45, 7) is 23.0. The maximum Gasteiger partial charge on any atom is 0.185 e. The largest absolute Gasteiger partial charge is 0.420 e. The van der Waals surface area contributed by atoms with E-state index in [-0.39, 0.29) is 53.4 Å². The molecular weight excluding hydrogens is 340 g/mol. The molecule has 0 amide bonds. The summed E-state index contributed by atoms with van der Waals surface area (Å²) in [5.74, 6) is 0. The van der Waals surface area contributed by atoms with Gasteiger partial charge in [0.2, 0.25) is 0 Å². The Balaban J connectivity index is -0.0000000180. The summed E-state index contributed by atoms with van der Waals surface area (Å²) in [6.07, 6.45) is 0. The second-order valence-electron chi connectivity index (χ2n) is 7.03. The van der Waals surface area contributed by atoms with Crippen molar-refractivity contribution in [1.29, 1.82) is 0 Å². The molecule has 0 aromatic heterocycles. The molecule has 0 N–H and O–H groups in total. The Labute approximate surface area is 166 Å². The third-order valence-electron chi connectivity index (χ3n) is 3.28. The van der Waals surface area contributed by atoms with Crippen LogP contribution in [0.5, 0.6) is 0 Å². The van der Waals surface area contributed by atoms with E-state index in [9.17, 15) is 0 Å². The van der Waals surface area contributed by atoms with E-state index < -0.39 is 16.4 Å². The van der Waals surface area contributed by atoms with Crippen LogP contribution in [0.1, 0.15) is 65.3 Å². The van der Waals surface area contributed by atoms with Crippen molar-refractivity contribution in [3.63, 3.8) is 0 Å². The molecule has 0 aromatic carbocycles. The SMILES string of the molecule is C.C.C.C.C.C.CC[SiH](C)C.CC[Si](C)(C)C.CC[Si](C)(C)OC. The van der Waals surface area contributed by atoms with Crippen LogP contribution in [0.4, 0.5) is 0 Å². The first kappa shape index (κ1) is 56.3. The number of rotatable bonds is 4. The normalized spacial score (nSPS) is 8.50. The van der Waals surface area contributed by atoms with Crippen LogP contribution >= 0.6 is 0 Å². The quantitative estimate of drug-likeness (QED) is 0.423. The van der Waals surface area contributed by atoms with Gasteiger partial charge in [0, 0.05) is 24.0 Å². The molecule has 0 rings (SSSR count). The van der Waals surface area contributed by atoms with E-state index >= 15 is 0 Å². The summed E-state index contributed by atoms with van der Waals surface area (Å²) in [7, 11) is -0.131. The van der Waals surface area contributed by atoms with Crippen molar-refractivity contribution in [2.24, 2.45) is 0 Å². The summed E-state index contributed by atoms with van der Waals surface area (Å²) in [4.78, 5) is 0. The van der Waals surface area contributed by atoms with Gasteiger partial charge in [-0.15, -0.1) is 0 Å². The molecule has 24 heavy (non-hydrogen) atoms. The average Bonchev–Trinajstić information content (AvgIpc) is 2.29. The second kappa shape index (κ2) is 31.4. The standard InChI is InChI=1S/C5H14OSi.C5H14Si.C4H12Si.6CH4/c1-5-7(3,4)6-2;1-5-6(2,3)4;1-4-5(2)3;;;;;;/h5H2,1-4H3;5H2,1-4H3;5H,4H2,1-3H3;6*1H4. The van der Waals surface area contributed by atoms with Crippen LogP contribution in [-0.4, -0.2) is 32.3 Å². The lowest BCUT2D eigenvalue weighted by Gasteiger charge is -2.15. The fourth-order valence-electron chi connectivity index (χ4n) is 0.144. The summed E-state index contributed by atoms with van der Waals surface area (Å²) in [5, 5.41) is 0. The first-order valence-corrected chi connectivity index (χ1v) is 17.5. The highest BCUT2D eigenvalue weighted by Crippen LogP contribution is 2.06. The van der Waals surface area contributed by atoms with Crippen molar-refractivity contribution >= 4 is 25.2 Å². The summed E-state index contributed by atoms with van der Waals surface area (Å²) >= 11 is 0. The van der Waals surface area contributed by atoms with Gasteiger partial charge in [0.15, 0.2) is 8.32 Å². The van der Waals surface area contributed by atoms with E-state index in [1.165, 1.54) is 18.1 Å². The van der Waals surface area contributed by atoms with E-state index in [0.29, 0.717) is 0 Å². The van der Waals surface area contributed by atoms with E-state index in [0.717, 1.165) is 0 Å². The minimum atomic E-state index is -1.15. The maximum absolute atomic E-state index is 5.23. The van der Waals surface area contributed by atoms with E-state index in [4.69, 9.17) is 4.43 Å². The lowest BCUT2D eigenvalue weighted by Crippen LogP contribution is -2.26. The third kappa shape index (κ3) is 78.3. The molecule has 0 heterocycles. The third-order valence-corrected chi connectivity index (χ3v) is 9.84. The molecule has 0 aliphatic heterocycles. The van der Waals surface area contributed by atoms with Crippen LogP contribution < -0.4 is 0 Å². The van der Waals surface area contributed by atoms with E-state index in [1.807, 2.05) is 0 Å². The summed E-state index contributed by atoms with van der Waals surface area (Å²) < 4.78 is 5.23. The molecule has 0 spiro atoms. The van der Waals surface area contributed by atoms with Gasteiger partial charge in [0.25, 0.3) is 0 Å². The lowest BCUT2D eigenvalue weighted by molar-refractivity contribution is 0.405. The van der Waals surface area contributed by atoms with Crippen LogP contribution in [0.2, 0.25) is 64.0 Å². The van der Waals surface area contributed by atoms with Gasteiger partial charge in [-0.25, -0.2) is 0 Å². The Morgan fingerprint density at radius 2 is 0.875 bits per heavy atom. The fraction of sp³-hybridized carbons (Fsp3) is 1.00. The molecular formula is C20H64OSi3. The van der Waals surface area contributed by atoms with Gasteiger partial charge in [-0.3, -0.25) is 0 Å². The van der Waals surface area contributed by atoms with Crippen LogP contribution in [-0.2, 0) is 4.43 Å². The van der Waals surface area contributed by atoms with E-state index in [1.54, 1.807) is 7.11 Å². The molecule has 0 aliphatic rings. The highest BCUT2D eigenvalue weighted by Gasteiger charge is 2.15. The average molecular weight is 405 g/mol.